The maximum atomic E-state index is 12.6. The lowest BCUT2D eigenvalue weighted by atomic mass is 10.0. The van der Waals surface area contributed by atoms with Gasteiger partial charge in [0.2, 0.25) is 0 Å². The van der Waals surface area contributed by atoms with Crippen LogP contribution >= 0.6 is 0 Å². The molecule has 138 valence electrons. The Bertz CT molecular complexity index is 1020. The zero-order valence-corrected chi connectivity index (χ0v) is 15.4. The molecule has 2 aromatic heterocycles. The van der Waals surface area contributed by atoms with E-state index in [0.29, 0.717) is 23.6 Å². The molecule has 0 bridgehead atoms. The van der Waals surface area contributed by atoms with Crippen molar-refractivity contribution in [2.75, 3.05) is 7.05 Å². The largest absolute Gasteiger partial charge is 0.361 e. The van der Waals surface area contributed by atoms with Gasteiger partial charge in [-0.2, -0.15) is 0 Å². The second-order valence-electron chi connectivity index (χ2n) is 7.14. The standard InChI is InChI=1S/C21H22N4O2/c1-12-8-18(12)25-20(26)14-10-15(24-19(11-14)21(27)22-2)9-13-4-3-5-17-16(13)6-7-23-17/h3-7,10-12,18,23H,8-9H2,1-2H3,(H,22,27)(H,25,26)/t12-,18-/m0/s1. The van der Waals surface area contributed by atoms with Gasteiger partial charge >= 0.3 is 0 Å². The van der Waals surface area contributed by atoms with Gasteiger partial charge in [0, 0.05) is 47.9 Å². The highest BCUT2D eigenvalue weighted by atomic mass is 16.2. The molecule has 4 rings (SSSR count). The van der Waals surface area contributed by atoms with E-state index in [1.807, 2.05) is 30.5 Å². The van der Waals surface area contributed by atoms with Crippen LogP contribution in [0.1, 0.15) is 45.4 Å². The molecule has 1 saturated carbocycles. The molecule has 1 aliphatic carbocycles. The number of aromatic nitrogens is 2. The van der Waals surface area contributed by atoms with Crippen molar-refractivity contribution < 1.29 is 9.59 Å². The Labute approximate surface area is 157 Å². The molecule has 2 atom stereocenters. The molecule has 0 saturated heterocycles. The van der Waals surface area contributed by atoms with E-state index < -0.39 is 0 Å². The van der Waals surface area contributed by atoms with Crippen LogP contribution in [0.4, 0.5) is 0 Å². The number of nitrogens with one attached hydrogen (secondary N) is 3. The summed E-state index contributed by atoms with van der Waals surface area (Å²) >= 11 is 0. The Morgan fingerprint density at radius 3 is 2.78 bits per heavy atom. The third kappa shape index (κ3) is 3.56. The van der Waals surface area contributed by atoms with Gasteiger partial charge in [0.25, 0.3) is 11.8 Å². The number of nitrogens with zero attached hydrogens (tertiary/aromatic N) is 1. The fourth-order valence-electron chi connectivity index (χ4n) is 3.33. The molecule has 6 heteroatoms. The average Bonchev–Trinajstić information content (AvgIpc) is 3.16. The highest BCUT2D eigenvalue weighted by Gasteiger charge is 2.34. The van der Waals surface area contributed by atoms with Crippen LogP contribution in [-0.2, 0) is 6.42 Å². The summed E-state index contributed by atoms with van der Waals surface area (Å²) in [4.78, 5) is 32.4. The smallest absolute Gasteiger partial charge is 0.269 e. The van der Waals surface area contributed by atoms with E-state index in [-0.39, 0.29) is 23.6 Å². The third-order valence-corrected chi connectivity index (χ3v) is 5.08. The molecule has 2 amide bonds. The van der Waals surface area contributed by atoms with Crippen molar-refractivity contribution in [3.63, 3.8) is 0 Å². The van der Waals surface area contributed by atoms with E-state index in [4.69, 9.17) is 0 Å². The Morgan fingerprint density at radius 2 is 2.04 bits per heavy atom. The van der Waals surface area contributed by atoms with Crippen LogP contribution in [0.15, 0.2) is 42.6 Å². The summed E-state index contributed by atoms with van der Waals surface area (Å²) in [5.41, 5.74) is 3.57. The fourth-order valence-corrected chi connectivity index (χ4v) is 3.33. The molecule has 27 heavy (non-hydrogen) atoms. The SMILES string of the molecule is CNC(=O)c1cc(C(=O)N[C@H]2C[C@@H]2C)cc(Cc2cccc3[nH]ccc23)n1. The van der Waals surface area contributed by atoms with Crippen LogP contribution in [0.2, 0.25) is 0 Å². The Kier molecular flexibility index (Phi) is 4.39. The molecule has 0 aliphatic heterocycles. The van der Waals surface area contributed by atoms with Gasteiger partial charge in [0.1, 0.15) is 5.69 Å². The van der Waals surface area contributed by atoms with Gasteiger partial charge in [0.05, 0.1) is 0 Å². The van der Waals surface area contributed by atoms with Crippen LogP contribution < -0.4 is 10.6 Å². The van der Waals surface area contributed by atoms with E-state index in [1.165, 1.54) is 0 Å². The van der Waals surface area contributed by atoms with E-state index in [1.54, 1.807) is 19.2 Å². The highest BCUT2D eigenvalue weighted by Crippen LogP contribution is 2.29. The Balaban J connectivity index is 1.68. The number of rotatable bonds is 5. The highest BCUT2D eigenvalue weighted by molar-refractivity contribution is 5.99. The molecule has 2 heterocycles. The van der Waals surface area contributed by atoms with Crippen LogP contribution in [0.5, 0.6) is 0 Å². The summed E-state index contributed by atoms with van der Waals surface area (Å²) in [7, 11) is 1.56. The number of fused-ring (bicyclic) bond motifs is 1. The maximum Gasteiger partial charge on any atom is 0.269 e. The molecular formula is C21H22N4O2. The quantitative estimate of drug-likeness (QED) is 0.652. The first-order valence-electron chi connectivity index (χ1n) is 9.14. The van der Waals surface area contributed by atoms with Crippen LogP contribution in [0.25, 0.3) is 10.9 Å². The van der Waals surface area contributed by atoms with Crippen molar-refractivity contribution in [1.82, 2.24) is 20.6 Å². The van der Waals surface area contributed by atoms with Gasteiger partial charge in [-0.1, -0.05) is 19.1 Å². The van der Waals surface area contributed by atoms with Gasteiger partial charge in [-0.3, -0.25) is 9.59 Å². The lowest BCUT2D eigenvalue weighted by Gasteiger charge is -2.10. The topological polar surface area (TPSA) is 86.9 Å². The number of aromatic amines is 1. The molecule has 0 radical (unpaired) electrons. The van der Waals surface area contributed by atoms with Gasteiger partial charge in [-0.25, -0.2) is 4.98 Å². The van der Waals surface area contributed by atoms with Crippen molar-refractivity contribution in [2.24, 2.45) is 5.92 Å². The minimum Gasteiger partial charge on any atom is -0.361 e. The van der Waals surface area contributed by atoms with Gasteiger partial charge < -0.3 is 15.6 Å². The first-order valence-corrected chi connectivity index (χ1v) is 9.14. The number of carbonyl (C=O) groups excluding carboxylic acids is 2. The Hall–Kier alpha value is -3.15. The molecule has 0 spiro atoms. The summed E-state index contributed by atoms with van der Waals surface area (Å²) < 4.78 is 0. The molecule has 1 aromatic carbocycles. The number of H-pyrrole nitrogens is 1. The van der Waals surface area contributed by atoms with Crippen molar-refractivity contribution in [2.45, 2.75) is 25.8 Å². The molecule has 3 aromatic rings. The van der Waals surface area contributed by atoms with Crippen molar-refractivity contribution in [1.29, 1.82) is 0 Å². The fraction of sp³-hybridized carbons (Fsp3) is 0.286. The van der Waals surface area contributed by atoms with Crippen LogP contribution in [0.3, 0.4) is 0 Å². The summed E-state index contributed by atoms with van der Waals surface area (Å²) in [6, 6.07) is 11.6. The van der Waals surface area contributed by atoms with E-state index in [0.717, 1.165) is 22.9 Å². The maximum absolute atomic E-state index is 12.6. The zero-order chi connectivity index (χ0) is 19.0. The van der Waals surface area contributed by atoms with Gasteiger partial charge in [-0.15, -0.1) is 0 Å². The van der Waals surface area contributed by atoms with Gasteiger partial charge in [0.15, 0.2) is 0 Å². The van der Waals surface area contributed by atoms with E-state index >= 15 is 0 Å². The van der Waals surface area contributed by atoms with Crippen molar-refractivity contribution in [3.8, 4) is 0 Å². The molecule has 1 fully saturated rings. The van der Waals surface area contributed by atoms with Crippen LogP contribution in [0, 0.1) is 5.92 Å². The minimum atomic E-state index is -0.300. The second kappa shape index (κ2) is 6.87. The lowest BCUT2D eigenvalue weighted by Crippen LogP contribution is -2.28. The molecular weight excluding hydrogens is 340 g/mol. The first-order chi connectivity index (χ1) is 13.0. The second-order valence-corrected chi connectivity index (χ2v) is 7.14. The monoisotopic (exact) mass is 362 g/mol. The molecule has 6 nitrogen and oxygen atoms in total. The number of hydrogen-bond acceptors (Lipinski definition) is 3. The average molecular weight is 362 g/mol. The summed E-state index contributed by atoms with van der Waals surface area (Å²) in [5.74, 6) is 0.0587. The number of amides is 2. The van der Waals surface area contributed by atoms with E-state index in [9.17, 15) is 9.59 Å². The number of carbonyl (C=O) groups is 2. The first kappa shape index (κ1) is 17.3. The minimum absolute atomic E-state index is 0.155. The van der Waals surface area contributed by atoms with E-state index in [2.05, 4.69) is 27.5 Å². The normalized spacial score (nSPS) is 18.3. The molecule has 3 N–H and O–H groups in total. The van der Waals surface area contributed by atoms with Crippen LogP contribution in [-0.4, -0.2) is 34.9 Å². The Morgan fingerprint density at radius 1 is 1.22 bits per heavy atom. The zero-order valence-electron chi connectivity index (χ0n) is 15.4. The molecule has 0 unspecified atom stereocenters. The predicted octanol–water partition coefficient (Wildman–Crippen LogP) is 2.65. The number of benzene rings is 1. The van der Waals surface area contributed by atoms with Gasteiger partial charge in [-0.05, 0) is 42.2 Å². The predicted molar refractivity (Wildman–Crippen MR) is 104 cm³/mol. The summed E-state index contributed by atoms with van der Waals surface area (Å²) in [6.07, 6.45) is 3.44. The third-order valence-electron chi connectivity index (χ3n) is 5.08. The van der Waals surface area contributed by atoms with Crippen molar-refractivity contribution in [3.05, 3.63) is 65.1 Å². The summed E-state index contributed by atoms with van der Waals surface area (Å²) in [6.45, 7) is 2.11. The lowest BCUT2D eigenvalue weighted by molar-refractivity contribution is 0.0949. The number of hydrogen-bond donors (Lipinski definition) is 3. The molecule has 1 aliphatic rings. The van der Waals surface area contributed by atoms with Crippen molar-refractivity contribution >= 4 is 22.7 Å². The number of pyridine rings is 1. The summed E-state index contributed by atoms with van der Waals surface area (Å²) in [5, 5.41) is 6.72.